The highest BCUT2D eigenvalue weighted by Gasteiger charge is 2.26. The van der Waals surface area contributed by atoms with Crippen LogP contribution in [0, 0.1) is 0 Å². The van der Waals surface area contributed by atoms with E-state index in [1.165, 1.54) is 186 Å². The fourth-order valence-electron chi connectivity index (χ4n) is 7.66. The molecule has 0 aromatic heterocycles. The zero-order chi connectivity index (χ0) is 46.2. The number of phosphoric acid groups is 1. The maximum absolute atomic E-state index is 12.7. The summed E-state index contributed by atoms with van der Waals surface area (Å²) < 4.78 is 33.7. The Kier molecular flexibility index (Phi) is 47.3. The predicted octanol–water partition coefficient (Wildman–Crippen LogP) is 16.1. The van der Waals surface area contributed by atoms with Crippen molar-refractivity contribution >= 4 is 19.8 Å². The molecule has 0 fully saturated rings. The summed E-state index contributed by atoms with van der Waals surface area (Å²) in [7, 11) is -0.705. The van der Waals surface area contributed by atoms with Gasteiger partial charge in [-0.25, -0.2) is 4.57 Å². The van der Waals surface area contributed by atoms with Gasteiger partial charge in [0, 0.05) is 19.4 Å². The van der Waals surface area contributed by atoms with Crippen molar-refractivity contribution in [3.63, 3.8) is 0 Å². The van der Waals surface area contributed by atoms with Gasteiger partial charge in [-0.1, -0.05) is 224 Å². The minimum atomic E-state index is -4.37. The number of allylic oxidation sites excluding steroid dienone is 4. The minimum Gasteiger partial charge on any atom is -0.462 e. The number of carbonyl (C=O) groups is 2. The number of esters is 2. The van der Waals surface area contributed by atoms with Gasteiger partial charge in [0.05, 0.1) is 13.2 Å². The summed E-state index contributed by atoms with van der Waals surface area (Å²) in [6.45, 7) is 4.35. The summed E-state index contributed by atoms with van der Waals surface area (Å²) in [5, 5.41) is 0. The Labute approximate surface area is 389 Å². The molecule has 0 aliphatic carbocycles. The van der Waals surface area contributed by atoms with Crippen LogP contribution in [0.4, 0.5) is 0 Å². The van der Waals surface area contributed by atoms with Gasteiger partial charge in [0.1, 0.15) is 6.61 Å². The fraction of sp³-hybridized carbons (Fsp3) is 0.887. The minimum absolute atomic E-state index is 0.00919. The number of ether oxygens (including phenoxy) is 2. The van der Waals surface area contributed by atoms with E-state index >= 15 is 0 Å². The molecule has 2 unspecified atom stereocenters. The summed E-state index contributed by atoms with van der Waals surface area (Å²) in [5.74, 6) is -0.793. The molecular weight excluding hydrogens is 810 g/mol. The number of unbranched alkanes of at least 4 members (excludes halogenated alkanes) is 32. The van der Waals surface area contributed by atoms with Crippen LogP contribution in [0.1, 0.15) is 258 Å². The first-order valence-corrected chi connectivity index (χ1v) is 28.1. The van der Waals surface area contributed by atoms with Crippen molar-refractivity contribution in [2.24, 2.45) is 0 Å². The van der Waals surface area contributed by atoms with Crippen molar-refractivity contribution < 1.29 is 37.6 Å². The molecule has 9 nitrogen and oxygen atoms in total. The van der Waals surface area contributed by atoms with Crippen LogP contribution in [0.25, 0.3) is 0 Å². The molecule has 0 aromatic carbocycles. The Morgan fingerprint density at radius 1 is 0.492 bits per heavy atom. The van der Waals surface area contributed by atoms with E-state index in [0.717, 1.165) is 38.5 Å². The molecule has 63 heavy (non-hydrogen) atoms. The normalized spacial score (nSPS) is 13.4. The van der Waals surface area contributed by atoms with Gasteiger partial charge in [0.2, 0.25) is 0 Å². The Balaban J connectivity index is 4.13. The molecular formula is C53H102NO8P. The highest BCUT2D eigenvalue weighted by atomic mass is 31.2. The number of rotatable bonds is 50. The van der Waals surface area contributed by atoms with Gasteiger partial charge in [-0.3, -0.25) is 18.6 Å². The largest absolute Gasteiger partial charge is 0.472 e. The van der Waals surface area contributed by atoms with Crippen LogP contribution in [0.2, 0.25) is 0 Å². The van der Waals surface area contributed by atoms with Gasteiger partial charge in [-0.15, -0.1) is 0 Å². The molecule has 0 aliphatic rings. The van der Waals surface area contributed by atoms with Crippen LogP contribution in [-0.2, 0) is 32.7 Å². The van der Waals surface area contributed by atoms with Crippen molar-refractivity contribution in [3.8, 4) is 0 Å². The number of carbonyl (C=O) groups excluding carboxylic acids is 2. The lowest BCUT2D eigenvalue weighted by molar-refractivity contribution is -0.161. The first kappa shape index (κ1) is 61.5. The first-order chi connectivity index (χ1) is 30.7. The standard InChI is InChI=1S/C53H102NO8P/c1-5-7-9-11-13-15-17-19-21-23-25-26-28-30-32-34-36-38-40-42-44-46-53(56)62-51(50-61-63(57,58)60-48-47-54(3)4)49-59-52(55)45-43-41-39-37-35-33-31-29-27-24-22-20-18-16-14-12-10-8-6-2/h14,16,20,22,51H,5-13,15,17-19,21,23-50H2,1-4H3,(H,57,58)/b16-14-,22-20-. The Morgan fingerprint density at radius 3 is 1.29 bits per heavy atom. The molecule has 10 heteroatoms. The van der Waals surface area contributed by atoms with E-state index < -0.39 is 26.5 Å². The smallest absolute Gasteiger partial charge is 0.462 e. The second-order valence-electron chi connectivity index (χ2n) is 18.4. The van der Waals surface area contributed by atoms with Gasteiger partial charge in [0.25, 0.3) is 0 Å². The zero-order valence-corrected chi connectivity index (χ0v) is 42.7. The van der Waals surface area contributed by atoms with Crippen molar-refractivity contribution in [3.05, 3.63) is 24.3 Å². The molecule has 0 amide bonds. The third kappa shape index (κ3) is 49.8. The van der Waals surface area contributed by atoms with Crippen LogP contribution in [0.5, 0.6) is 0 Å². The molecule has 0 saturated carbocycles. The predicted molar refractivity (Wildman–Crippen MR) is 266 cm³/mol. The molecule has 0 saturated heterocycles. The molecule has 0 aliphatic heterocycles. The number of nitrogens with zero attached hydrogens (tertiary/aromatic N) is 1. The van der Waals surface area contributed by atoms with Crippen LogP contribution in [0.15, 0.2) is 24.3 Å². The lowest BCUT2D eigenvalue weighted by atomic mass is 10.0. The third-order valence-corrected chi connectivity index (χ3v) is 12.7. The highest BCUT2D eigenvalue weighted by Crippen LogP contribution is 2.43. The van der Waals surface area contributed by atoms with E-state index in [1.54, 1.807) is 0 Å². The number of hydrogen-bond acceptors (Lipinski definition) is 8. The summed E-state index contributed by atoms with van der Waals surface area (Å²) >= 11 is 0. The first-order valence-electron chi connectivity index (χ1n) is 26.6. The Hall–Kier alpha value is -1.51. The topological polar surface area (TPSA) is 112 Å². The molecule has 0 spiro atoms. The SMILES string of the molecule is CCCCC/C=C\C/C=C\CCCCCCCCCCCC(=O)OCC(COP(=O)(O)OCCN(C)C)OC(=O)CCCCCCCCCCCCCCCCCCCCCCC. The van der Waals surface area contributed by atoms with Gasteiger partial charge >= 0.3 is 19.8 Å². The van der Waals surface area contributed by atoms with Gasteiger partial charge in [-0.05, 0) is 59.0 Å². The fourth-order valence-corrected chi connectivity index (χ4v) is 8.40. The van der Waals surface area contributed by atoms with Crippen LogP contribution < -0.4 is 0 Å². The van der Waals surface area contributed by atoms with Crippen molar-refractivity contribution in [1.82, 2.24) is 4.90 Å². The second kappa shape index (κ2) is 48.4. The van der Waals surface area contributed by atoms with Crippen LogP contribution in [0.3, 0.4) is 0 Å². The summed E-state index contributed by atoms with van der Waals surface area (Å²) in [4.78, 5) is 37.3. The number of hydrogen-bond donors (Lipinski definition) is 1. The van der Waals surface area contributed by atoms with E-state index in [2.05, 4.69) is 38.2 Å². The molecule has 1 N–H and O–H groups in total. The maximum Gasteiger partial charge on any atom is 0.472 e. The lowest BCUT2D eigenvalue weighted by Gasteiger charge is -2.20. The molecule has 0 radical (unpaired) electrons. The number of likely N-dealkylation sites (N-methyl/N-ethyl adjacent to an activating group) is 1. The van der Waals surface area contributed by atoms with E-state index in [0.29, 0.717) is 13.0 Å². The highest BCUT2D eigenvalue weighted by molar-refractivity contribution is 7.47. The quantitative estimate of drug-likeness (QED) is 0.0276. The van der Waals surface area contributed by atoms with Crippen molar-refractivity contribution in [1.29, 1.82) is 0 Å². The molecule has 0 bridgehead atoms. The molecule has 2 atom stereocenters. The zero-order valence-electron chi connectivity index (χ0n) is 41.8. The van der Waals surface area contributed by atoms with E-state index in [1.807, 2.05) is 19.0 Å². The summed E-state index contributed by atoms with van der Waals surface area (Å²) in [6, 6.07) is 0. The van der Waals surface area contributed by atoms with Crippen LogP contribution in [-0.4, -0.2) is 68.3 Å². The van der Waals surface area contributed by atoms with Crippen molar-refractivity contribution in [2.45, 2.75) is 264 Å². The Bertz CT molecular complexity index is 1100. The molecule has 0 heterocycles. The molecule has 0 rings (SSSR count). The van der Waals surface area contributed by atoms with Gasteiger partial charge in [-0.2, -0.15) is 0 Å². The van der Waals surface area contributed by atoms with Crippen LogP contribution >= 0.6 is 7.82 Å². The van der Waals surface area contributed by atoms with Gasteiger partial charge in [0.15, 0.2) is 6.10 Å². The molecule has 372 valence electrons. The van der Waals surface area contributed by atoms with Crippen molar-refractivity contribution in [2.75, 3.05) is 40.5 Å². The van der Waals surface area contributed by atoms with Gasteiger partial charge < -0.3 is 19.3 Å². The second-order valence-corrected chi connectivity index (χ2v) is 19.9. The van der Waals surface area contributed by atoms with E-state index in [9.17, 15) is 19.0 Å². The summed E-state index contributed by atoms with van der Waals surface area (Å²) in [5.41, 5.74) is 0. The Morgan fingerprint density at radius 2 is 0.857 bits per heavy atom. The van der Waals surface area contributed by atoms with E-state index in [4.69, 9.17) is 18.5 Å². The maximum atomic E-state index is 12.7. The third-order valence-electron chi connectivity index (χ3n) is 11.8. The average molecular weight is 912 g/mol. The number of phosphoric ester groups is 1. The monoisotopic (exact) mass is 912 g/mol. The lowest BCUT2D eigenvalue weighted by Crippen LogP contribution is -2.29. The summed E-state index contributed by atoms with van der Waals surface area (Å²) in [6.07, 6.45) is 53.7. The van der Waals surface area contributed by atoms with E-state index in [-0.39, 0.29) is 32.0 Å². The molecule has 0 aromatic rings. The average Bonchev–Trinajstić information content (AvgIpc) is 3.25.